The fourth-order valence-electron chi connectivity index (χ4n) is 3.80. The van der Waals surface area contributed by atoms with Gasteiger partial charge in [-0.3, -0.25) is 18.7 Å². The predicted molar refractivity (Wildman–Crippen MR) is 131 cm³/mol. The van der Waals surface area contributed by atoms with Gasteiger partial charge >= 0.3 is 5.69 Å². The second-order valence-corrected chi connectivity index (χ2v) is 8.64. The molecular formula is C24H18N4O5S. The van der Waals surface area contributed by atoms with Crippen molar-refractivity contribution in [2.24, 2.45) is 0 Å². The van der Waals surface area contributed by atoms with Gasteiger partial charge in [0.1, 0.15) is 23.7 Å². The zero-order valence-corrected chi connectivity index (χ0v) is 18.6. The van der Waals surface area contributed by atoms with E-state index < -0.39 is 17.2 Å². The van der Waals surface area contributed by atoms with Crippen LogP contribution in [-0.2, 0) is 17.9 Å². The molecule has 0 spiro atoms. The molecule has 5 rings (SSSR count). The van der Waals surface area contributed by atoms with Gasteiger partial charge < -0.3 is 14.9 Å². The number of nitrogens with one attached hydrogen (secondary N) is 1. The first-order valence-electron chi connectivity index (χ1n) is 10.3. The summed E-state index contributed by atoms with van der Waals surface area (Å²) in [6.45, 7) is 2.92. The van der Waals surface area contributed by atoms with Crippen molar-refractivity contribution in [2.75, 3.05) is 5.32 Å². The number of amides is 1. The molecule has 0 radical (unpaired) electrons. The molecular weight excluding hydrogens is 456 g/mol. The molecule has 10 heteroatoms. The van der Waals surface area contributed by atoms with Crippen LogP contribution in [0.25, 0.3) is 20.3 Å². The van der Waals surface area contributed by atoms with E-state index in [-0.39, 0.29) is 13.1 Å². The number of benzene rings is 2. The molecule has 5 aromatic rings. The zero-order valence-electron chi connectivity index (χ0n) is 17.8. The number of fused-ring (bicyclic) bond motifs is 3. The van der Waals surface area contributed by atoms with Crippen LogP contribution in [-0.4, -0.2) is 26.5 Å². The van der Waals surface area contributed by atoms with E-state index >= 15 is 0 Å². The number of thiophene rings is 1. The Balaban J connectivity index is 1.59. The number of anilines is 1. The molecule has 0 bridgehead atoms. The molecule has 34 heavy (non-hydrogen) atoms. The molecule has 0 unspecified atom stereocenters. The van der Waals surface area contributed by atoms with Crippen molar-refractivity contribution in [3.63, 3.8) is 0 Å². The van der Waals surface area contributed by atoms with Gasteiger partial charge in [-0.1, -0.05) is 18.2 Å². The van der Waals surface area contributed by atoms with E-state index in [2.05, 4.69) is 12.0 Å². The smallest absolute Gasteiger partial charge is 0.332 e. The molecule has 2 aromatic carbocycles. The van der Waals surface area contributed by atoms with Gasteiger partial charge in [0.2, 0.25) is 11.6 Å². The SMILES string of the molecule is C=[N+]([O-])c1ccc(NC(=O)Cn2c(=O)n(Cc3ccco3)c(=O)c3sc4ccccc4c32)cc1. The standard InChI is InChI=1S/C24H18N4O5S/c1-26(32)16-10-8-15(9-11-16)25-20(29)14-27-21-18-6-2-3-7-19(18)34-22(21)23(30)28(24(27)31)13-17-5-4-12-33-17/h2-12H,1,13-14H2,(H,25,29). The molecule has 1 N–H and O–H groups in total. The summed E-state index contributed by atoms with van der Waals surface area (Å²) < 4.78 is 9.41. The van der Waals surface area contributed by atoms with Crippen LogP contribution >= 0.6 is 11.3 Å². The first-order chi connectivity index (χ1) is 16.4. The topological polar surface area (TPSA) is 112 Å². The molecule has 0 aliphatic rings. The lowest BCUT2D eigenvalue weighted by Crippen LogP contribution is -2.41. The number of carbonyl (C=O) groups excluding carboxylic acids is 1. The van der Waals surface area contributed by atoms with Crippen LogP contribution in [0.3, 0.4) is 0 Å². The number of rotatable bonds is 6. The van der Waals surface area contributed by atoms with Crippen molar-refractivity contribution >= 4 is 55.6 Å². The fourth-order valence-corrected chi connectivity index (χ4v) is 4.95. The highest BCUT2D eigenvalue weighted by molar-refractivity contribution is 7.25. The average molecular weight is 474 g/mol. The third-order valence-electron chi connectivity index (χ3n) is 5.38. The van der Waals surface area contributed by atoms with Crippen LogP contribution in [0, 0.1) is 5.21 Å². The Kier molecular flexibility index (Phi) is 5.34. The van der Waals surface area contributed by atoms with Gasteiger partial charge in [0.15, 0.2) is 0 Å². The number of nitrogens with zero attached hydrogens (tertiary/aromatic N) is 3. The van der Waals surface area contributed by atoms with Crippen molar-refractivity contribution in [2.45, 2.75) is 13.1 Å². The van der Waals surface area contributed by atoms with Crippen molar-refractivity contribution in [1.29, 1.82) is 0 Å². The molecule has 0 atom stereocenters. The van der Waals surface area contributed by atoms with E-state index in [4.69, 9.17) is 4.42 Å². The van der Waals surface area contributed by atoms with E-state index in [0.29, 0.717) is 32.1 Å². The minimum Gasteiger partial charge on any atom is -0.619 e. The number of hydrogen-bond acceptors (Lipinski definition) is 6. The third kappa shape index (κ3) is 3.80. The molecule has 0 saturated carbocycles. The summed E-state index contributed by atoms with van der Waals surface area (Å²) in [4.78, 5) is 39.6. The molecule has 170 valence electrons. The second-order valence-electron chi connectivity index (χ2n) is 7.59. The summed E-state index contributed by atoms with van der Waals surface area (Å²) in [5.41, 5.74) is 0.183. The van der Waals surface area contributed by atoms with Crippen LogP contribution in [0.4, 0.5) is 11.4 Å². The van der Waals surface area contributed by atoms with Crippen LogP contribution in [0.1, 0.15) is 5.76 Å². The second kappa shape index (κ2) is 8.49. The summed E-state index contributed by atoms with van der Waals surface area (Å²) in [5.74, 6) is -0.00295. The fraction of sp³-hybridized carbons (Fsp3) is 0.0833. The lowest BCUT2D eigenvalue weighted by atomic mass is 10.2. The van der Waals surface area contributed by atoms with E-state index in [1.165, 1.54) is 34.3 Å². The number of furan rings is 1. The molecule has 0 aliphatic heterocycles. The van der Waals surface area contributed by atoms with Crippen LogP contribution in [0.15, 0.2) is 80.9 Å². The van der Waals surface area contributed by atoms with Gasteiger partial charge in [-0.05, 0) is 30.3 Å². The first-order valence-corrected chi connectivity index (χ1v) is 11.1. The molecule has 3 heterocycles. The van der Waals surface area contributed by atoms with E-state index in [0.717, 1.165) is 14.7 Å². The average Bonchev–Trinajstić information content (AvgIpc) is 3.48. The first kappa shape index (κ1) is 21.4. The molecule has 9 nitrogen and oxygen atoms in total. The maximum atomic E-state index is 13.4. The maximum absolute atomic E-state index is 13.4. The molecule has 1 amide bonds. The number of hydrogen-bond donors (Lipinski definition) is 1. The Morgan fingerprint density at radius 2 is 1.82 bits per heavy atom. The third-order valence-corrected chi connectivity index (χ3v) is 6.52. The molecule has 0 aliphatic carbocycles. The minimum atomic E-state index is -0.609. The minimum absolute atomic E-state index is 0.0469. The van der Waals surface area contributed by atoms with Crippen molar-refractivity contribution in [1.82, 2.24) is 9.13 Å². The monoisotopic (exact) mass is 474 g/mol. The molecule has 3 aromatic heterocycles. The van der Waals surface area contributed by atoms with Gasteiger partial charge in [-0.2, -0.15) is 4.74 Å². The Bertz CT molecular complexity index is 1660. The normalized spacial score (nSPS) is 11.2. The Morgan fingerprint density at radius 3 is 2.53 bits per heavy atom. The summed E-state index contributed by atoms with van der Waals surface area (Å²) in [7, 11) is 0. The highest BCUT2D eigenvalue weighted by Gasteiger charge is 2.20. The van der Waals surface area contributed by atoms with Crippen LogP contribution in [0.5, 0.6) is 0 Å². The largest absolute Gasteiger partial charge is 0.619 e. The summed E-state index contributed by atoms with van der Waals surface area (Å²) >= 11 is 1.28. The van der Waals surface area contributed by atoms with Crippen molar-refractivity contribution in [3.05, 3.63) is 98.7 Å². The summed E-state index contributed by atoms with van der Waals surface area (Å²) in [6, 6.07) is 16.9. The predicted octanol–water partition coefficient (Wildman–Crippen LogP) is 3.50. The van der Waals surface area contributed by atoms with Crippen molar-refractivity contribution < 1.29 is 14.0 Å². The lowest BCUT2D eigenvalue weighted by Gasteiger charge is -2.12. The highest BCUT2D eigenvalue weighted by atomic mass is 32.1. The summed E-state index contributed by atoms with van der Waals surface area (Å²) in [5, 5.41) is 14.7. The van der Waals surface area contributed by atoms with Crippen LogP contribution < -0.4 is 16.6 Å². The highest BCUT2D eigenvalue weighted by Crippen LogP contribution is 2.31. The van der Waals surface area contributed by atoms with Gasteiger partial charge in [-0.15, -0.1) is 11.3 Å². The maximum Gasteiger partial charge on any atom is 0.332 e. The quantitative estimate of drug-likeness (QED) is 0.175. The van der Waals surface area contributed by atoms with Gasteiger partial charge in [-0.25, -0.2) is 4.79 Å². The van der Waals surface area contributed by atoms with E-state index in [1.807, 2.05) is 24.3 Å². The van der Waals surface area contributed by atoms with Crippen LogP contribution in [0.2, 0.25) is 0 Å². The Morgan fingerprint density at radius 1 is 1.06 bits per heavy atom. The summed E-state index contributed by atoms with van der Waals surface area (Å²) in [6.07, 6.45) is 1.47. The molecule has 0 fully saturated rings. The van der Waals surface area contributed by atoms with Crippen molar-refractivity contribution in [3.8, 4) is 0 Å². The van der Waals surface area contributed by atoms with Gasteiger partial charge in [0, 0.05) is 27.9 Å². The van der Waals surface area contributed by atoms with E-state index in [9.17, 15) is 19.6 Å². The molecule has 0 saturated heterocycles. The number of carbonyl (C=O) groups is 1. The van der Waals surface area contributed by atoms with Gasteiger partial charge in [0.05, 0.1) is 18.3 Å². The Labute approximate surface area is 196 Å². The lowest BCUT2D eigenvalue weighted by molar-refractivity contribution is -0.349. The van der Waals surface area contributed by atoms with Gasteiger partial charge in [0.25, 0.3) is 5.56 Å². The zero-order chi connectivity index (χ0) is 23.8. The Hall–Kier alpha value is -4.44. The van der Waals surface area contributed by atoms with E-state index in [1.54, 1.807) is 24.3 Å². The number of aromatic nitrogens is 2.